The molecular formula is C17H16O6. The molecule has 0 amide bonds. The lowest BCUT2D eigenvalue weighted by atomic mass is 9.11. The predicted octanol–water partition coefficient (Wildman–Crippen LogP) is -0.267. The van der Waals surface area contributed by atoms with Crippen molar-refractivity contribution in [3.05, 3.63) is 12.2 Å². The number of ether oxygens (including phenoxy) is 3. The standard InChI is InChI=1S/C17H16O6/c1-5(2)6-7-14(20)9-17-13(4,22-9)8(18)15(17)10(23-15)16(14,17)12(6,3)11(19)21-7/h6-7,9-10,20H,1H2,2-4H3/t6?,7?,9?,10-,12?,13?,14?,15+,16?,17?/m0/s1. The van der Waals surface area contributed by atoms with E-state index in [0.29, 0.717) is 0 Å². The van der Waals surface area contributed by atoms with Crippen LogP contribution in [-0.4, -0.2) is 52.0 Å². The Morgan fingerprint density at radius 2 is 1.87 bits per heavy atom. The Labute approximate surface area is 131 Å². The number of fused-ring (bicyclic) bond motifs is 4. The third-order valence-electron chi connectivity index (χ3n) is 8.88. The van der Waals surface area contributed by atoms with Gasteiger partial charge < -0.3 is 19.3 Å². The number of esters is 1. The molecule has 0 aromatic carbocycles. The molecule has 8 unspecified atom stereocenters. The summed E-state index contributed by atoms with van der Waals surface area (Å²) in [4.78, 5) is 25.3. The second-order valence-corrected chi connectivity index (χ2v) is 8.89. The van der Waals surface area contributed by atoms with Crippen LogP contribution in [0.25, 0.3) is 0 Å². The Morgan fingerprint density at radius 3 is 2.52 bits per heavy atom. The highest BCUT2D eigenvalue weighted by Crippen LogP contribution is 3.06. The van der Waals surface area contributed by atoms with Crippen LogP contribution in [0.3, 0.4) is 0 Å². The minimum absolute atomic E-state index is 0.0226. The van der Waals surface area contributed by atoms with Crippen LogP contribution in [0.4, 0.5) is 0 Å². The molecule has 0 aromatic rings. The van der Waals surface area contributed by atoms with Gasteiger partial charge in [0, 0.05) is 5.92 Å². The van der Waals surface area contributed by atoms with Gasteiger partial charge >= 0.3 is 5.97 Å². The van der Waals surface area contributed by atoms with Crippen LogP contribution < -0.4 is 0 Å². The summed E-state index contributed by atoms with van der Waals surface area (Å²) in [6.45, 7) is 9.56. The number of epoxide rings is 1. The molecular weight excluding hydrogens is 300 g/mol. The Morgan fingerprint density at radius 1 is 1.17 bits per heavy atom. The van der Waals surface area contributed by atoms with E-state index in [9.17, 15) is 14.7 Å². The van der Waals surface area contributed by atoms with Crippen molar-refractivity contribution < 1.29 is 28.9 Å². The highest BCUT2D eigenvalue weighted by molar-refractivity contribution is 6.15. The van der Waals surface area contributed by atoms with Crippen molar-refractivity contribution in [2.45, 2.75) is 55.9 Å². The largest absolute Gasteiger partial charge is 0.458 e. The number of hydrogen-bond donors (Lipinski definition) is 1. The van der Waals surface area contributed by atoms with Crippen LogP contribution in [0.5, 0.6) is 0 Å². The molecule has 7 rings (SSSR count). The van der Waals surface area contributed by atoms with Crippen LogP contribution in [0.15, 0.2) is 12.2 Å². The molecule has 4 saturated carbocycles. The zero-order valence-electron chi connectivity index (χ0n) is 13.0. The summed E-state index contributed by atoms with van der Waals surface area (Å²) >= 11 is 0. The fourth-order valence-corrected chi connectivity index (χ4v) is 8.67. The van der Waals surface area contributed by atoms with Crippen molar-refractivity contribution in [2.75, 3.05) is 0 Å². The van der Waals surface area contributed by atoms with E-state index in [4.69, 9.17) is 14.2 Å². The topological polar surface area (TPSA) is 85.4 Å². The Balaban J connectivity index is 1.58. The SMILES string of the molecule is C=C(C)C1C2OC(=O)C1(C)C13[C@H]4O[C@]45C(=O)C4(C)OC(C21O)C435. The minimum atomic E-state index is -1.27. The van der Waals surface area contributed by atoms with Gasteiger partial charge in [0.1, 0.15) is 29.5 Å². The first-order valence-corrected chi connectivity index (χ1v) is 8.16. The molecule has 0 aromatic heterocycles. The lowest BCUT2D eigenvalue weighted by molar-refractivity contribution is -0.556. The minimum Gasteiger partial charge on any atom is -0.458 e. The smallest absolute Gasteiger partial charge is 0.313 e. The number of rotatable bonds is 1. The van der Waals surface area contributed by atoms with Crippen LogP contribution in [0.2, 0.25) is 0 Å². The zero-order valence-corrected chi connectivity index (χ0v) is 13.0. The van der Waals surface area contributed by atoms with E-state index in [1.165, 1.54) is 0 Å². The average Bonchev–Trinajstić information content (AvgIpc) is 2.99. The van der Waals surface area contributed by atoms with Crippen LogP contribution in [-0.2, 0) is 23.8 Å². The molecule has 23 heavy (non-hydrogen) atoms. The third kappa shape index (κ3) is 0.527. The van der Waals surface area contributed by atoms with E-state index in [1.807, 2.05) is 13.8 Å². The molecule has 0 radical (unpaired) electrons. The highest BCUT2D eigenvalue weighted by Gasteiger charge is 3.25. The second kappa shape index (κ2) is 2.35. The van der Waals surface area contributed by atoms with Gasteiger partial charge in [-0.05, 0) is 20.8 Å². The molecule has 1 N–H and O–H groups in total. The van der Waals surface area contributed by atoms with Gasteiger partial charge in [0.2, 0.25) is 0 Å². The summed E-state index contributed by atoms with van der Waals surface area (Å²) in [5.74, 6) is -0.595. The summed E-state index contributed by atoms with van der Waals surface area (Å²) in [5.41, 5.74) is -4.42. The Bertz CT molecular complexity index is 840. The van der Waals surface area contributed by atoms with Gasteiger partial charge in [0.25, 0.3) is 0 Å². The van der Waals surface area contributed by atoms with Gasteiger partial charge in [0.15, 0.2) is 11.4 Å². The maximum atomic E-state index is 12.8. The predicted molar refractivity (Wildman–Crippen MR) is 72.0 cm³/mol. The molecule has 120 valence electrons. The Kier molecular flexibility index (Phi) is 1.24. The molecule has 3 spiro atoms. The summed E-state index contributed by atoms with van der Waals surface area (Å²) in [6, 6.07) is 0. The van der Waals surface area contributed by atoms with Gasteiger partial charge in [-0.3, -0.25) is 9.59 Å². The monoisotopic (exact) mass is 316 g/mol. The number of hydrogen-bond acceptors (Lipinski definition) is 6. The van der Waals surface area contributed by atoms with E-state index in [2.05, 4.69) is 6.58 Å². The van der Waals surface area contributed by atoms with Crippen LogP contribution >= 0.6 is 0 Å². The number of carbonyl (C=O) groups is 2. The fraction of sp³-hybridized carbons (Fsp3) is 0.765. The molecule has 6 nitrogen and oxygen atoms in total. The number of carbonyl (C=O) groups excluding carboxylic acids is 2. The molecule has 7 aliphatic rings. The van der Waals surface area contributed by atoms with Gasteiger partial charge in [-0.25, -0.2) is 0 Å². The molecule has 6 heteroatoms. The van der Waals surface area contributed by atoms with Crippen molar-refractivity contribution in [3.63, 3.8) is 0 Å². The molecule has 3 aliphatic heterocycles. The first-order valence-electron chi connectivity index (χ1n) is 8.16. The van der Waals surface area contributed by atoms with Crippen molar-refractivity contribution >= 4 is 11.8 Å². The number of ketones is 1. The number of Topliss-reactive ketones (excluding diaryl/α,β-unsaturated/α-hetero) is 1. The first kappa shape index (κ1) is 12.2. The van der Waals surface area contributed by atoms with Crippen molar-refractivity contribution in [2.24, 2.45) is 22.2 Å². The Hall–Kier alpha value is -1.24. The van der Waals surface area contributed by atoms with Crippen molar-refractivity contribution in [1.29, 1.82) is 0 Å². The zero-order chi connectivity index (χ0) is 16.2. The lowest BCUT2D eigenvalue weighted by Gasteiger charge is -2.93. The van der Waals surface area contributed by atoms with Gasteiger partial charge in [0.05, 0.1) is 16.2 Å². The van der Waals surface area contributed by atoms with Crippen molar-refractivity contribution in [3.8, 4) is 0 Å². The summed E-state index contributed by atoms with van der Waals surface area (Å²) in [6.07, 6.45) is -1.53. The van der Waals surface area contributed by atoms with Gasteiger partial charge in [-0.2, -0.15) is 0 Å². The number of aliphatic hydroxyl groups is 1. The lowest BCUT2D eigenvalue weighted by Crippen LogP contribution is -3.13. The molecule has 7 fully saturated rings. The maximum Gasteiger partial charge on any atom is 0.313 e. The highest BCUT2D eigenvalue weighted by atomic mass is 16.7. The maximum absolute atomic E-state index is 12.8. The van der Waals surface area contributed by atoms with Gasteiger partial charge in [-0.1, -0.05) is 12.2 Å². The summed E-state index contributed by atoms with van der Waals surface area (Å²) in [5, 5.41) is 11.6. The van der Waals surface area contributed by atoms with E-state index >= 15 is 0 Å². The molecule has 3 heterocycles. The quantitative estimate of drug-likeness (QED) is 0.407. The third-order valence-corrected chi connectivity index (χ3v) is 8.88. The van der Waals surface area contributed by atoms with Crippen LogP contribution in [0, 0.1) is 22.2 Å². The van der Waals surface area contributed by atoms with E-state index in [-0.39, 0.29) is 23.8 Å². The molecule has 10 atom stereocenters. The summed E-state index contributed by atoms with van der Waals surface area (Å²) < 4.78 is 17.4. The normalized spacial score (nSPS) is 76.3. The van der Waals surface area contributed by atoms with Crippen molar-refractivity contribution in [1.82, 2.24) is 0 Å². The van der Waals surface area contributed by atoms with Gasteiger partial charge in [-0.15, -0.1) is 0 Å². The fourth-order valence-electron chi connectivity index (χ4n) is 8.67. The molecule has 4 aliphatic carbocycles. The van der Waals surface area contributed by atoms with Crippen LogP contribution in [0.1, 0.15) is 20.8 Å². The second-order valence-electron chi connectivity index (χ2n) is 8.89. The average molecular weight is 316 g/mol. The van der Waals surface area contributed by atoms with E-state index in [1.54, 1.807) is 6.92 Å². The molecule has 3 saturated heterocycles. The van der Waals surface area contributed by atoms with E-state index < -0.39 is 45.3 Å². The first-order chi connectivity index (χ1) is 10.7. The molecule has 2 bridgehead atoms. The summed E-state index contributed by atoms with van der Waals surface area (Å²) in [7, 11) is 0. The van der Waals surface area contributed by atoms with E-state index in [0.717, 1.165) is 5.57 Å².